The molecule has 2 atom stereocenters. The molecule has 132 valence electrons. The van der Waals surface area contributed by atoms with Crippen molar-refractivity contribution in [2.45, 2.75) is 51.2 Å². The van der Waals surface area contributed by atoms with Crippen molar-refractivity contribution in [2.24, 2.45) is 5.41 Å². The average Bonchev–Trinajstić information content (AvgIpc) is 3.33. The van der Waals surface area contributed by atoms with E-state index in [0.717, 1.165) is 31.6 Å². The van der Waals surface area contributed by atoms with Crippen LogP contribution in [0, 0.1) is 5.41 Å². The Morgan fingerprint density at radius 3 is 2.72 bits per heavy atom. The van der Waals surface area contributed by atoms with Gasteiger partial charge in [-0.05, 0) is 50.5 Å². The minimum atomic E-state index is -0.00337. The van der Waals surface area contributed by atoms with Crippen LogP contribution in [-0.2, 0) is 4.74 Å². The SMILES string of the molecule is CCOC1CC(NC(=O)c2ccc(-n3ccnn3)cc2)C12CCCC2. The highest BCUT2D eigenvalue weighted by atomic mass is 16.5. The summed E-state index contributed by atoms with van der Waals surface area (Å²) in [6.45, 7) is 2.79. The van der Waals surface area contributed by atoms with Gasteiger partial charge in [-0.25, -0.2) is 4.68 Å². The van der Waals surface area contributed by atoms with E-state index in [2.05, 4.69) is 15.6 Å². The third-order valence-electron chi connectivity index (χ3n) is 5.81. The maximum atomic E-state index is 12.7. The Hall–Kier alpha value is -2.21. The van der Waals surface area contributed by atoms with Gasteiger partial charge in [0.25, 0.3) is 5.91 Å². The summed E-state index contributed by atoms with van der Waals surface area (Å²) >= 11 is 0. The van der Waals surface area contributed by atoms with Gasteiger partial charge >= 0.3 is 0 Å². The fourth-order valence-electron chi connectivity index (χ4n) is 4.44. The molecule has 2 aromatic rings. The molecule has 1 aromatic heterocycles. The van der Waals surface area contributed by atoms with E-state index in [-0.39, 0.29) is 17.4 Å². The second-order valence-electron chi connectivity index (χ2n) is 7.04. The highest BCUT2D eigenvalue weighted by Gasteiger charge is 2.57. The van der Waals surface area contributed by atoms with Gasteiger partial charge in [-0.1, -0.05) is 18.1 Å². The molecule has 2 aliphatic rings. The van der Waals surface area contributed by atoms with E-state index < -0.39 is 0 Å². The lowest BCUT2D eigenvalue weighted by Crippen LogP contribution is -2.63. The van der Waals surface area contributed by atoms with E-state index >= 15 is 0 Å². The minimum Gasteiger partial charge on any atom is -0.378 e. The van der Waals surface area contributed by atoms with Crippen LogP contribution in [0.15, 0.2) is 36.7 Å². The second-order valence-corrected chi connectivity index (χ2v) is 7.04. The maximum Gasteiger partial charge on any atom is 0.251 e. The molecule has 1 amide bonds. The van der Waals surface area contributed by atoms with Crippen molar-refractivity contribution in [3.8, 4) is 5.69 Å². The Bertz CT molecular complexity index is 720. The van der Waals surface area contributed by atoms with E-state index in [1.165, 1.54) is 12.8 Å². The van der Waals surface area contributed by atoms with E-state index in [0.29, 0.717) is 11.7 Å². The number of nitrogens with zero attached hydrogens (tertiary/aromatic N) is 3. The summed E-state index contributed by atoms with van der Waals surface area (Å²) in [6.07, 6.45) is 9.44. The molecular weight excluding hydrogens is 316 g/mol. The zero-order valence-corrected chi connectivity index (χ0v) is 14.5. The Kier molecular flexibility index (Phi) is 4.29. The molecule has 1 aromatic carbocycles. The Morgan fingerprint density at radius 1 is 1.32 bits per heavy atom. The molecule has 6 heteroatoms. The number of carbonyl (C=O) groups is 1. The van der Waals surface area contributed by atoms with Gasteiger partial charge in [0.05, 0.1) is 24.2 Å². The van der Waals surface area contributed by atoms with Crippen molar-refractivity contribution in [3.63, 3.8) is 0 Å². The van der Waals surface area contributed by atoms with E-state index in [4.69, 9.17) is 4.74 Å². The number of amides is 1. The maximum absolute atomic E-state index is 12.7. The molecule has 1 heterocycles. The Morgan fingerprint density at radius 2 is 2.08 bits per heavy atom. The Balaban J connectivity index is 1.43. The van der Waals surface area contributed by atoms with Crippen LogP contribution >= 0.6 is 0 Å². The van der Waals surface area contributed by atoms with Crippen molar-refractivity contribution in [1.82, 2.24) is 20.3 Å². The fraction of sp³-hybridized carbons (Fsp3) is 0.526. The highest BCUT2D eigenvalue weighted by Crippen LogP contribution is 2.54. The number of benzene rings is 1. The summed E-state index contributed by atoms with van der Waals surface area (Å²) in [5, 5.41) is 11.0. The van der Waals surface area contributed by atoms with Crippen LogP contribution in [0.5, 0.6) is 0 Å². The lowest BCUT2D eigenvalue weighted by Gasteiger charge is -2.54. The standard InChI is InChI=1S/C19H24N4O2/c1-2-25-17-13-16(19(17)9-3-4-10-19)21-18(24)14-5-7-15(8-6-14)23-12-11-20-22-23/h5-8,11-12,16-17H,2-4,9-10,13H2,1H3,(H,21,24). The lowest BCUT2D eigenvalue weighted by molar-refractivity contribution is -0.127. The van der Waals surface area contributed by atoms with Crippen molar-refractivity contribution >= 4 is 5.91 Å². The fourth-order valence-corrected chi connectivity index (χ4v) is 4.44. The molecule has 6 nitrogen and oxygen atoms in total. The van der Waals surface area contributed by atoms with Crippen LogP contribution < -0.4 is 5.32 Å². The zero-order chi connectivity index (χ0) is 17.3. The summed E-state index contributed by atoms with van der Waals surface area (Å²) in [6, 6.07) is 7.69. The number of ether oxygens (including phenoxy) is 1. The first-order chi connectivity index (χ1) is 12.2. The monoisotopic (exact) mass is 340 g/mol. The molecule has 0 aliphatic heterocycles. The molecule has 0 radical (unpaired) electrons. The topological polar surface area (TPSA) is 69.0 Å². The molecule has 2 saturated carbocycles. The van der Waals surface area contributed by atoms with E-state index in [9.17, 15) is 4.79 Å². The quantitative estimate of drug-likeness (QED) is 0.909. The van der Waals surface area contributed by atoms with E-state index in [1.807, 2.05) is 31.2 Å². The summed E-state index contributed by atoms with van der Waals surface area (Å²) in [4.78, 5) is 12.7. The molecule has 1 N–H and O–H groups in total. The predicted molar refractivity (Wildman–Crippen MR) is 93.5 cm³/mol. The molecule has 4 rings (SSSR count). The van der Waals surface area contributed by atoms with Crippen molar-refractivity contribution < 1.29 is 9.53 Å². The minimum absolute atomic E-state index is 0.00337. The van der Waals surface area contributed by atoms with Gasteiger partial charge in [-0.2, -0.15) is 0 Å². The van der Waals surface area contributed by atoms with Gasteiger partial charge < -0.3 is 10.1 Å². The van der Waals surface area contributed by atoms with Crippen LogP contribution in [0.2, 0.25) is 0 Å². The normalized spacial score (nSPS) is 24.2. The van der Waals surface area contributed by atoms with Gasteiger partial charge in [0, 0.05) is 23.6 Å². The molecule has 2 fully saturated rings. The second kappa shape index (κ2) is 6.59. The van der Waals surface area contributed by atoms with Crippen LogP contribution in [0.3, 0.4) is 0 Å². The van der Waals surface area contributed by atoms with Gasteiger partial charge in [0.1, 0.15) is 0 Å². The third-order valence-corrected chi connectivity index (χ3v) is 5.81. The smallest absolute Gasteiger partial charge is 0.251 e. The van der Waals surface area contributed by atoms with Gasteiger partial charge in [0.15, 0.2) is 0 Å². The number of rotatable bonds is 5. The first-order valence-corrected chi connectivity index (χ1v) is 9.12. The molecule has 25 heavy (non-hydrogen) atoms. The van der Waals surface area contributed by atoms with Crippen molar-refractivity contribution in [2.75, 3.05) is 6.61 Å². The molecular formula is C19H24N4O2. The van der Waals surface area contributed by atoms with Crippen LogP contribution in [0.4, 0.5) is 0 Å². The number of nitrogens with one attached hydrogen (secondary N) is 1. The summed E-state index contributed by atoms with van der Waals surface area (Å²) in [5.74, 6) is -0.00337. The van der Waals surface area contributed by atoms with Crippen molar-refractivity contribution in [1.29, 1.82) is 0 Å². The van der Waals surface area contributed by atoms with Crippen LogP contribution in [-0.4, -0.2) is 39.7 Å². The average molecular weight is 340 g/mol. The highest BCUT2D eigenvalue weighted by molar-refractivity contribution is 5.94. The number of hydrogen-bond acceptors (Lipinski definition) is 4. The van der Waals surface area contributed by atoms with E-state index in [1.54, 1.807) is 17.1 Å². The lowest BCUT2D eigenvalue weighted by atomic mass is 9.60. The Labute approximate surface area is 147 Å². The largest absolute Gasteiger partial charge is 0.378 e. The van der Waals surface area contributed by atoms with Crippen LogP contribution in [0.1, 0.15) is 49.4 Å². The molecule has 2 unspecified atom stereocenters. The molecule has 0 bridgehead atoms. The zero-order valence-electron chi connectivity index (χ0n) is 14.5. The van der Waals surface area contributed by atoms with Gasteiger partial charge in [-0.3, -0.25) is 4.79 Å². The molecule has 1 spiro atoms. The first-order valence-electron chi connectivity index (χ1n) is 9.12. The van der Waals surface area contributed by atoms with Crippen LogP contribution in [0.25, 0.3) is 5.69 Å². The molecule has 2 aliphatic carbocycles. The van der Waals surface area contributed by atoms with Gasteiger partial charge in [-0.15, -0.1) is 5.10 Å². The number of hydrogen-bond donors (Lipinski definition) is 1. The first kappa shape index (κ1) is 16.3. The van der Waals surface area contributed by atoms with Crippen molar-refractivity contribution in [3.05, 3.63) is 42.2 Å². The summed E-state index contributed by atoms with van der Waals surface area (Å²) < 4.78 is 7.60. The van der Waals surface area contributed by atoms with Gasteiger partial charge in [0.2, 0.25) is 0 Å². The summed E-state index contributed by atoms with van der Waals surface area (Å²) in [5.41, 5.74) is 1.73. The summed E-state index contributed by atoms with van der Waals surface area (Å²) in [7, 11) is 0. The number of carbonyl (C=O) groups excluding carboxylic acids is 1. The number of aromatic nitrogens is 3. The third kappa shape index (κ3) is 2.84. The molecule has 0 saturated heterocycles. The predicted octanol–water partition coefficient (Wildman–Crippen LogP) is 2.73.